The number of amides is 2. The molecule has 1 atom stereocenters. The summed E-state index contributed by atoms with van der Waals surface area (Å²) in [6.45, 7) is 0.826. The third-order valence-corrected chi connectivity index (χ3v) is 6.84. The van der Waals surface area contributed by atoms with Crippen molar-refractivity contribution in [3.05, 3.63) is 68.7 Å². The molecule has 2 aromatic carbocycles. The highest BCUT2D eigenvalue weighted by Crippen LogP contribution is 2.49. The van der Waals surface area contributed by atoms with E-state index in [1.807, 2.05) is 0 Å². The Bertz CT molecular complexity index is 1290. The van der Waals surface area contributed by atoms with Crippen molar-refractivity contribution >= 4 is 40.7 Å². The van der Waals surface area contributed by atoms with Crippen LogP contribution in [-0.2, 0) is 15.2 Å². The van der Waals surface area contributed by atoms with Gasteiger partial charge in [-0.1, -0.05) is 34.4 Å². The fourth-order valence-electron chi connectivity index (χ4n) is 4.39. The molecule has 14 heteroatoms. The van der Waals surface area contributed by atoms with E-state index in [1.54, 1.807) is 6.92 Å². The van der Waals surface area contributed by atoms with Crippen LogP contribution in [-0.4, -0.2) is 65.9 Å². The molecule has 0 N–H and O–H groups in total. The van der Waals surface area contributed by atoms with Gasteiger partial charge in [-0.3, -0.25) is 9.59 Å². The number of carbonyl (C=O) groups is 2. The first-order valence-electron chi connectivity index (χ1n) is 11.2. The molecule has 2 heterocycles. The van der Waals surface area contributed by atoms with Gasteiger partial charge in [-0.05, 0) is 48.4 Å². The molecule has 6 nitrogen and oxygen atoms in total. The molecule has 1 fully saturated rings. The number of carbonyl (C=O) groups excluding carboxylic acids is 2. The highest BCUT2D eigenvalue weighted by Gasteiger charge is 2.62. The van der Waals surface area contributed by atoms with E-state index in [4.69, 9.17) is 28.0 Å². The lowest BCUT2D eigenvalue weighted by molar-refractivity contribution is -0.275. The minimum Gasteiger partial charge on any atom is -0.374 e. The van der Waals surface area contributed by atoms with Crippen LogP contribution < -0.4 is 0 Å². The van der Waals surface area contributed by atoms with Crippen LogP contribution in [0.3, 0.4) is 0 Å². The average Bonchev–Trinajstić information content (AvgIpc) is 3.29. The average molecular weight is 582 g/mol. The van der Waals surface area contributed by atoms with Gasteiger partial charge < -0.3 is 14.6 Å². The molecule has 0 aromatic heterocycles. The molecule has 0 saturated carbocycles. The first-order chi connectivity index (χ1) is 17.6. The van der Waals surface area contributed by atoms with E-state index in [0.29, 0.717) is 16.0 Å². The largest absolute Gasteiger partial charge is 0.471 e. The van der Waals surface area contributed by atoms with Gasteiger partial charge in [-0.25, -0.2) is 0 Å². The van der Waals surface area contributed by atoms with E-state index >= 15 is 0 Å². The molecule has 2 aliphatic heterocycles. The topological polar surface area (TPSA) is 62.2 Å². The van der Waals surface area contributed by atoms with Gasteiger partial charge in [-0.15, -0.1) is 0 Å². The first kappa shape index (κ1) is 28.0. The van der Waals surface area contributed by atoms with Gasteiger partial charge in [0.1, 0.15) is 0 Å². The summed E-state index contributed by atoms with van der Waals surface area (Å²) in [4.78, 5) is 31.3. The molecule has 2 aliphatic rings. The van der Waals surface area contributed by atoms with Gasteiger partial charge in [-0.2, -0.15) is 26.3 Å². The van der Waals surface area contributed by atoms with Crippen LogP contribution in [0.4, 0.5) is 26.3 Å². The number of aryl methyl sites for hydroxylation is 1. The van der Waals surface area contributed by atoms with E-state index in [1.165, 1.54) is 29.2 Å². The molecule has 2 aromatic rings. The molecular weight excluding hydrogens is 563 g/mol. The third-order valence-electron chi connectivity index (χ3n) is 6.40. The van der Waals surface area contributed by atoms with Crippen molar-refractivity contribution in [1.29, 1.82) is 0 Å². The quantitative estimate of drug-likeness (QED) is 0.435. The summed E-state index contributed by atoms with van der Waals surface area (Å²) in [6.07, 6.45) is -10.5. The summed E-state index contributed by atoms with van der Waals surface area (Å²) in [5.74, 6) is -2.43. The smallest absolute Gasteiger partial charge is 0.374 e. The van der Waals surface area contributed by atoms with Crippen LogP contribution in [0.2, 0.25) is 10.0 Å². The normalized spacial score (nSPS) is 20.3. The van der Waals surface area contributed by atoms with Gasteiger partial charge in [0, 0.05) is 53.8 Å². The predicted molar refractivity (Wildman–Crippen MR) is 126 cm³/mol. The van der Waals surface area contributed by atoms with Crippen molar-refractivity contribution in [3.63, 3.8) is 0 Å². The molecule has 1 unspecified atom stereocenters. The van der Waals surface area contributed by atoms with Crippen LogP contribution in [0.1, 0.15) is 33.5 Å². The highest BCUT2D eigenvalue weighted by molar-refractivity contribution is 6.34. The van der Waals surface area contributed by atoms with Crippen molar-refractivity contribution in [1.82, 2.24) is 9.80 Å². The van der Waals surface area contributed by atoms with Crippen molar-refractivity contribution < 1.29 is 40.8 Å². The summed E-state index contributed by atoms with van der Waals surface area (Å²) >= 11 is 11.8. The lowest BCUT2D eigenvalue weighted by Gasteiger charge is -2.35. The zero-order chi connectivity index (χ0) is 28.0. The number of benzene rings is 2. The first-order valence-corrected chi connectivity index (χ1v) is 11.9. The molecule has 0 aliphatic carbocycles. The zero-order valence-corrected chi connectivity index (χ0v) is 21.1. The summed E-state index contributed by atoms with van der Waals surface area (Å²) < 4.78 is 80.7. The van der Waals surface area contributed by atoms with Gasteiger partial charge in [0.2, 0.25) is 0 Å². The number of hydrogen-bond donors (Lipinski definition) is 0. The maximum Gasteiger partial charge on any atom is 0.471 e. The fourth-order valence-corrected chi connectivity index (χ4v) is 4.92. The van der Waals surface area contributed by atoms with E-state index < -0.39 is 36.2 Å². The number of nitrogens with zero attached hydrogens (tertiary/aromatic N) is 3. The van der Waals surface area contributed by atoms with Crippen molar-refractivity contribution in [2.75, 3.05) is 26.2 Å². The second-order valence-electron chi connectivity index (χ2n) is 8.90. The summed E-state index contributed by atoms with van der Waals surface area (Å²) in [7, 11) is 0. The van der Waals surface area contributed by atoms with E-state index in [9.17, 15) is 35.9 Å². The Morgan fingerprint density at radius 2 is 1.50 bits per heavy atom. The Labute approximate surface area is 222 Å². The van der Waals surface area contributed by atoms with Gasteiger partial charge in [0.25, 0.3) is 11.5 Å². The Kier molecular flexibility index (Phi) is 7.34. The van der Waals surface area contributed by atoms with Crippen LogP contribution in [0.5, 0.6) is 0 Å². The number of hydrogen-bond acceptors (Lipinski definition) is 4. The molecule has 0 bridgehead atoms. The van der Waals surface area contributed by atoms with Crippen LogP contribution in [0, 0.1) is 6.92 Å². The SMILES string of the molecule is Cc1cc(C2=NOC(c3cc(Cl)cc(Cl)c3)(C(F)(F)F)C2)ccc1C(=O)N1CCN(C(=O)C(F)(F)F)CC1. The molecule has 2 amide bonds. The van der Waals surface area contributed by atoms with Gasteiger partial charge in [0.15, 0.2) is 0 Å². The Morgan fingerprint density at radius 1 is 0.921 bits per heavy atom. The van der Waals surface area contributed by atoms with E-state index in [2.05, 4.69) is 5.16 Å². The summed E-state index contributed by atoms with van der Waals surface area (Å²) in [6, 6.07) is 7.82. The van der Waals surface area contributed by atoms with Crippen LogP contribution in [0.25, 0.3) is 0 Å². The van der Waals surface area contributed by atoms with Crippen LogP contribution in [0.15, 0.2) is 41.6 Å². The molecule has 204 valence electrons. The number of oxime groups is 1. The fraction of sp³-hybridized carbons (Fsp3) is 0.375. The van der Waals surface area contributed by atoms with E-state index in [-0.39, 0.29) is 53.1 Å². The Balaban J connectivity index is 1.51. The molecule has 0 spiro atoms. The van der Waals surface area contributed by atoms with Crippen molar-refractivity contribution in [2.24, 2.45) is 5.16 Å². The second-order valence-corrected chi connectivity index (χ2v) is 9.77. The third kappa shape index (κ3) is 5.28. The van der Waals surface area contributed by atoms with Crippen molar-refractivity contribution in [2.45, 2.75) is 31.3 Å². The molecular formula is C24H19Cl2F6N3O3. The van der Waals surface area contributed by atoms with Gasteiger partial charge >= 0.3 is 18.3 Å². The number of alkyl halides is 6. The minimum absolute atomic E-state index is 0.00418. The van der Waals surface area contributed by atoms with Crippen molar-refractivity contribution in [3.8, 4) is 0 Å². The van der Waals surface area contributed by atoms with Gasteiger partial charge in [0.05, 0.1) is 5.71 Å². The predicted octanol–water partition coefficient (Wildman–Crippen LogP) is 5.73. The Morgan fingerprint density at radius 3 is 2.03 bits per heavy atom. The number of halogens is 8. The number of piperazine rings is 1. The summed E-state index contributed by atoms with van der Waals surface area (Å²) in [5, 5.41) is 3.69. The van der Waals surface area contributed by atoms with Crippen LogP contribution >= 0.6 is 23.2 Å². The Hall–Kier alpha value is -2.99. The summed E-state index contributed by atoms with van der Waals surface area (Å²) in [5.41, 5.74) is -2.22. The minimum atomic E-state index is -4.99. The molecule has 1 saturated heterocycles. The molecule has 0 radical (unpaired) electrons. The lowest BCUT2D eigenvalue weighted by Crippen LogP contribution is -2.53. The zero-order valence-electron chi connectivity index (χ0n) is 19.6. The maximum atomic E-state index is 14.2. The highest BCUT2D eigenvalue weighted by atomic mass is 35.5. The lowest BCUT2D eigenvalue weighted by atomic mass is 9.86. The molecule has 4 rings (SSSR count). The molecule has 38 heavy (non-hydrogen) atoms. The number of rotatable bonds is 3. The monoisotopic (exact) mass is 581 g/mol. The maximum absolute atomic E-state index is 14.2. The van der Waals surface area contributed by atoms with E-state index in [0.717, 1.165) is 12.1 Å². The second kappa shape index (κ2) is 9.96. The standard InChI is InChI=1S/C24H19Cl2F6N3O3/c1-13-8-14(2-3-18(13)20(36)34-4-6-35(7-5-34)21(37)23(27,28)29)19-12-22(38-33-19,24(30,31)32)15-9-16(25)11-17(26)10-15/h2-3,8-11H,4-7,12H2,1H3.